The Balaban J connectivity index is 1.62. The minimum absolute atomic E-state index is 0.808. The third-order valence-electron chi connectivity index (χ3n) is 4.34. The Labute approximate surface area is 132 Å². The van der Waals surface area contributed by atoms with Gasteiger partial charge in [0.05, 0.1) is 17.6 Å². The third kappa shape index (κ3) is 3.47. The molecule has 0 aliphatic heterocycles. The van der Waals surface area contributed by atoms with E-state index >= 15 is 0 Å². The van der Waals surface area contributed by atoms with Gasteiger partial charge in [-0.05, 0) is 50.8 Å². The fourth-order valence-electron chi connectivity index (χ4n) is 3.17. The maximum Gasteiger partial charge on any atom is 0.124 e. The highest BCUT2D eigenvalue weighted by atomic mass is 15.1. The first kappa shape index (κ1) is 15.0. The second-order valence-electron chi connectivity index (χ2n) is 5.95. The van der Waals surface area contributed by atoms with Crippen LogP contribution < -0.4 is 5.32 Å². The van der Waals surface area contributed by atoms with E-state index in [0.717, 1.165) is 31.0 Å². The SMILES string of the molecule is C=CCn1c(CNCCC2=CCCCC2)nc2ccccc21. The normalized spacial score (nSPS) is 15.0. The average molecular weight is 295 g/mol. The third-order valence-corrected chi connectivity index (χ3v) is 4.34. The number of aromatic nitrogens is 2. The van der Waals surface area contributed by atoms with Crippen molar-refractivity contribution in [1.82, 2.24) is 14.9 Å². The number of allylic oxidation sites excluding steroid dienone is 2. The predicted molar refractivity (Wildman–Crippen MR) is 92.8 cm³/mol. The van der Waals surface area contributed by atoms with Crippen molar-refractivity contribution in [3.63, 3.8) is 0 Å². The molecule has 22 heavy (non-hydrogen) atoms. The number of rotatable bonds is 7. The standard InChI is InChI=1S/C19H25N3/c1-2-14-22-18-11-7-6-10-17(18)21-19(22)15-20-13-12-16-8-4-3-5-9-16/h2,6-8,10-11,20H,1,3-5,9,12-15H2. The highest BCUT2D eigenvalue weighted by Crippen LogP contribution is 2.19. The molecule has 0 fully saturated rings. The van der Waals surface area contributed by atoms with E-state index < -0.39 is 0 Å². The zero-order chi connectivity index (χ0) is 15.2. The molecule has 0 saturated carbocycles. The van der Waals surface area contributed by atoms with Crippen molar-refractivity contribution in [1.29, 1.82) is 0 Å². The Morgan fingerprint density at radius 1 is 1.27 bits per heavy atom. The van der Waals surface area contributed by atoms with Gasteiger partial charge in [-0.15, -0.1) is 6.58 Å². The molecule has 3 heteroatoms. The van der Waals surface area contributed by atoms with Gasteiger partial charge in [0.1, 0.15) is 5.82 Å². The van der Waals surface area contributed by atoms with Gasteiger partial charge in [-0.2, -0.15) is 0 Å². The predicted octanol–water partition coefficient (Wildman–Crippen LogP) is 4.20. The van der Waals surface area contributed by atoms with Crippen LogP contribution in [0.1, 0.15) is 37.9 Å². The van der Waals surface area contributed by atoms with Crippen LogP contribution >= 0.6 is 0 Å². The van der Waals surface area contributed by atoms with Crippen LogP contribution in [0.5, 0.6) is 0 Å². The highest BCUT2D eigenvalue weighted by Gasteiger charge is 2.09. The molecule has 0 amide bonds. The van der Waals surface area contributed by atoms with Crippen molar-refractivity contribution in [2.24, 2.45) is 0 Å². The van der Waals surface area contributed by atoms with Gasteiger partial charge in [-0.3, -0.25) is 0 Å². The lowest BCUT2D eigenvalue weighted by Gasteiger charge is -2.13. The van der Waals surface area contributed by atoms with Crippen LogP contribution in [0, 0.1) is 0 Å². The van der Waals surface area contributed by atoms with Crippen LogP contribution in [0.2, 0.25) is 0 Å². The summed E-state index contributed by atoms with van der Waals surface area (Å²) in [5, 5.41) is 3.55. The second-order valence-corrected chi connectivity index (χ2v) is 5.95. The molecule has 3 nitrogen and oxygen atoms in total. The Morgan fingerprint density at radius 3 is 3.00 bits per heavy atom. The van der Waals surface area contributed by atoms with Gasteiger partial charge in [-0.1, -0.05) is 29.9 Å². The van der Waals surface area contributed by atoms with Crippen LogP contribution in [-0.2, 0) is 13.1 Å². The van der Waals surface area contributed by atoms with Crippen LogP contribution in [0.25, 0.3) is 11.0 Å². The van der Waals surface area contributed by atoms with Gasteiger partial charge in [0.25, 0.3) is 0 Å². The van der Waals surface area contributed by atoms with Crippen molar-refractivity contribution < 1.29 is 0 Å². The molecule has 0 unspecified atom stereocenters. The summed E-state index contributed by atoms with van der Waals surface area (Å²) < 4.78 is 2.25. The van der Waals surface area contributed by atoms with E-state index in [0.29, 0.717) is 0 Å². The summed E-state index contributed by atoms with van der Waals surface area (Å²) in [6.07, 6.45) is 10.8. The molecule has 0 atom stereocenters. The fourth-order valence-corrected chi connectivity index (χ4v) is 3.17. The Morgan fingerprint density at radius 2 is 2.18 bits per heavy atom. The van der Waals surface area contributed by atoms with E-state index in [1.54, 1.807) is 5.57 Å². The fraction of sp³-hybridized carbons (Fsp3) is 0.421. The number of nitrogens with zero attached hydrogens (tertiary/aromatic N) is 2. The van der Waals surface area contributed by atoms with Crippen LogP contribution in [0.4, 0.5) is 0 Å². The van der Waals surface area contributed by atoms with Crippen LogP contribution in [-0.4, -0.2) is 16.1 Å². The Hall–Kier alpha value is -1.87. The van der Waals surface area contributed by atoms with Crippen molar-refractivity contribution >= 4 is 11.0 Å². The summed E-state index contributed by atoms with van der Waals surface area (Å²) in [4.78, 5) is 4.75. The summed E-state index contributed by atoms with van der Waals surface area (Å²) in [6.45, 7) is 6.52. The lowest BCUT2D eigenvalue weighted by Crippen LogP contribution is -2.18. The lowest BCUT2D eigenvalue weighted by molar-refractivity contribution is 0.607. The molecule has 0 saturated heterocycles. The van der Waals surface area contributed by atoms with Gasteiger partial charge < -0.3 is 9.88 Å². The molecule has 0 bridgehead atoms. The van der Waals surface area contributed by atoms with Gasteiger partial charge in [-0.25, -0.2) is 4.98 Å². The van der Waals surface area contributed by atoms with Crippen LogP contribution in [0.3, 0.4) is 0 Å². The second kappa shape index (κ2) is 7.41. The Kier molecular flexibility index (Phi) is 5.07. The molecule has 1 N–H and O–H groups in total. The number of benzene rings is 1. The quantitative estimate of drug-likeness (QED) is 0.613. The van der Waals surface area contributed by atoms with Gasteiger partial charge in [0.15, 0.2) is 0 Å². The van der Waals surface area contributed by atoms with E-state index in [1.807, 2.05) is 12.1 Å². The molecule has 1 aliphatic rings. The molecule has 116 valence electrons. The smallest absolute Gasteiger partial charge is 0.124 e. The summed E-state index contributed by atoms with van der Waals surface area (Å²) in [7, 11) is 0. The summed E-state index contributed by atoms with van der Waals surface area (Å²) >= 11 is 0. The van der Waals surface area contributed by atoms with Crippen LogP contribution in [0.15, 0.2) is 48.6 Å². The summed E-state index contributed by atoms with van der Waals surface area (Å²) in [6, 6.07) is 8.31. The topological polar surface area (TPSA) is 29.9 Å². The molecule has 3 rings (SSSR count). The molecular weight excluding hydrogens is 270 g/mol. The minimum Gasteiger partial charge on any atom is -0.323 e. The average Bonchev–Trinajstić information content (AvgIpc) is 2.91. The molecule has 0 radical (unpaired) electrons. The molecule has 1 aliphatic carbocycles. The van der Waals surface area contributed by atoms with Crippen molar-refractivity contribution in [3.05, 3.63) is 54.4 Å². The minimum atomic E-state index is 0.808. The number of hydrogen-bond acceptors (Lipinski definition) is 2. The molecule has 1 aromatic carbocycles. The number of fused-ring (bicyclic) bond motifs is 1. The number of hydrogen-bond donors (Lipinski definition) is 1. The zero-order valence-electron chi connectivity index (χ0n) is 13.2. The molecule has 0 spiro atoms. The summed E-state index contributed by atoms with van der Waals surface area (Å²) in [5.41, 5.74) is 3.88. The van der Waals surface area contributed by atoms with Crippen molar-refractivity contribution in [2.75, 3.05) is 6.54 Å². The van der Waals surface area contributed by atoms with Crippen molar-refractivity contribution in [2.45, 2.75) is 45.2 Å². The number of para-hydroxylation sites is 2. The maximum atomic E-state index is 4.75. The summed E-state index contributed by atoms with van der Waals surface area (Å²) in [5.74, 6) is 1.10. The molecule has 1 aromatic heterocycles. The first-order chi connectivity index (χ1) is 10.9. The van der Waals surface area contributed by atoms with E-state index in [9.17, 15) is 0 Å². The van der Waals surface area contributed by atoms with E-state index in [-0.39, 0.29) is 0 Å². The number of nitrogens with one attached hydrogen (secondary N) is 1. The van der Waals surface area contributed by atoms with E-state index in [4.69, 9.17) is 4.98 Å². The number of imidazole rings is 1. The molecule has 2 aromatic rings. The Bertz CT molecular complexity index is 666. The van der Waals surface area contributed by atoms with Gasteiger partial charge in [0, 0.05) is 6.54 Å². The van der Waals surface area contributed by atoms with E-state index in [2.05, 4.69) is 40.7 Å². The monoisotopic (exact) mass is 295 g/mol. The highest BCUT2D eigenvalue weighted by molar-refractivity contribution is 5.75. The molecule has 1 heterocycles. The molecular formula is C19H25N3. The lowest BCUT2D eigenvalue weighted by atomic mass is 9.97. The van der Waals surface area contributed by atoms with Gasteiger partial charge in [0.2, 0.25) is 0 Å². The van der Waals surface area contributed by atoms with Gasteiger partial charge >= 0.3 is 0 Å². The first-order valence-corrected chi connectivity index (χ1v) is 8.32. The largest absolute Gasteiger partial charge is 0.323 e. The maximum absolute atomic E-state index is 4.75. The zero-order valence-corrected chi connectivity index (χ0v) is 13.2. The van der Waals surface area contributed by atoms with Crippen molar-refractivity contribution in [3.8, 4) is 0 Å². The first-order valence-electron chi connectivity index (χ1n) is 8.32. The van der Waals surface area contributed by atoms with E-state index in [1.165, 1.54) is 37.6 Å².